The van der Waals surface area contributed by atoms with E-state index in [9.17, 15) is 33.9 Å². The maximum atomic E-state index is 13.1. The molecule has 0 saturated carbocycles. The highest BCUT2D eigenvalue weighted by atomic mass is 16.4. The van der Waals surface area contributed by atoms with Crippen LogP contribution in [-0.2, 0) is 28.8 Å². The van der Waals surface area contributed by atoms with Gasteiger partial charge in [-0.3, -0.25) is 29.0 Å². The molecule has 1 fully saturated rings. The number of likely N-dealkylation sites (tertiary alicyclic amines) is 1. The molecule has 0 aliphatic carbocycles. The first-order valence-corrected chi connectivity index (χ1v) is 11.3. The van der Waals surface area contributed by atoms with Gasteiger partial charge in [0.25, 0.3) is 0 Å². The fraction of sp³-hybridized carbons (Fsp3) is 0.650. The Kier molecular flexibility index (Phi) is 12.1. The van der Waals surface area contributed by atoms with Gasteiger partial charge < -0.3 is 48.7 Å². The summed E-state index contributed by atoms with van der Waals surface area (Å²) in [4.78, 5) is 77.0. The zero-order valence-electron chi connectivity index (χ0n) is 19.7. The third kappa shape index (κ3) is 10.1. The smallest absolute Gasteiger partial charge is 0.326 e. The van der Waals surface area contributed by atoms with Crippen LogP contribution < -0.4 is 33.6 Å². The summed E-state index contributed by atoms with van der Waals surface area (Å²) in [7, 11) is 0. The van der Waals surface area contributed by atoms with Gasteiger partial charge in [-0.25, -0.2) is 4.79 Å². The highest BCUT2D eigenvalue weighted by Crippen LogP contribution is 2.20. The molecule has 4 unspecified atom stereocenters. The minimum Gasteiger partial charge on any atom is -0.481 e. The van der Waals surface area contributed by atoms with Crippen LogP contribution in [0.3, 0.4) is 0 Å². The Morgan fingerprint density at radius 3 is 2.22 bits per heavy atom. The van der Waals surface area contributed by atoms with Crippen molar-refractivity contribution in [3.05, 3.63) is 0 Å². The lowest BCUT2D eigenvalue weighted by Gasteiger charge is -2.29. The summed E-state index contributed by atoms with van der Waals surface area (Å²) in [5, 5.41) is 22.9. The lowest BCUT2D eigenvalue weighted by molar-refractivity contribution is -0.145. The van der Waals surface area contributed by atoms with Gasteiger partial charge in [-0.2, -0.15) is 0 Å². The minimum absolute atomic E-state index is 0.0348. The summed E-state index contributed by atoms with van der Waals surface area (Å²) >= 11 is 0. The number of hydrogen-bond donors (Lipinski definition) is 8. The number of carboxylic acid groups (broad SMARTS) is 2. The summed E-state index contributed by atoms with van der Waals surface area (Å²) in [5.74, 6) is -5.83. The Morgan fingerprint density at radius 1 is 1.00 bits per heavy atom. The number of carbonyl (C=O) groups is 6. The summed E-state index contributed by atoms with van der Waals surface area (Å²) in [6.45, 7) is 0.286. The number of nitrogens with two attached hydrogens (primary N) is 4. The summed E-state index contributed by atoms with van der Waals surface area (Å²) in [5.41, 5.74) is 21.3. The topological polar surface area (TPSA) is 287 Å². The van der Waals surface area contributed by atoms with Crippen molar-refractivity contribution >= 4 is 41.5 Å². The van der Waals surface area contributed by atoms with Gasteiger partial charge >= 0.3 is 11.9 Å². The van der Waals surface area contributed by atoms with Gasteiger partial charge in [-0.15, -0.1) is 0 Å². The van der Waals surface area contributed by atoms with Crippen LogP contribution in [0.2, 0.25) is 0 Å². The number of aliphatic imine (C=N–C) groups is 1. The van der Waals surface area contributed by atoms with E-state index in [2.05, 4.69) is 15.6 Å². The van der Waals surface area contributed by atoms with E-state index in [0.717, 1.165) is 4.90 Å². The maximum absolute atomic E-state index is 13.1. The van der Waals surface area contributed by atoms with Crippen molar-refractivity contribution in [1.29, 1.82) is 0 Å². The van der Waals surface area contributed by atoms with Gasteiger partial charge in [0.15, 0.2) is 5.96 Å². The molecule has 0 spiro atoms. The van der Waals surface area contributed by atoms with Gasteiger partial charge in [0.1, 0.15) is 18.1 Å². The maximum Gasteiger partial charge on any atom is 0.326 e. The fourth-order valence-electron chi connectivity index (χ4n) is 3.62. The van der Waals surface area contributed by atoms with Crippen LogP contribution in [0.25, 0.3) is 0 Å². The molecule has 12 N–H and O–H groups in total. The van der Waals surface area contributed by atoms with Crippen molar-refractivity contribution in [2.45, 2.75) is 69.1 Å². The number of rotatable bonds is 15. The number of hydrogen-bond acceptors (Lipinski definition) is 8. The second-order valence-corrected chi connectivity index (χ2v) is 8.31. The van der Waals surface area contributed by atoms with Crippen LogP contribution >= 0.6 is 0 Å². The number of aliphatic carboxylic acids is 2. The van der Waals surface area contributed by atoms with Gasteiger partial charge in [0.2, 0.25) is 23.6 Å². The van der Waals surface area contributed by atoms with Crippen molar-refractivity contribution in [2.75, 3.05) is 13.1 Å². The zero-order chi connectivity index (χ0) is 27.4. The average Bonchev–Trinajstić information content (AvgIpc) is 3.27. The first-order valence-electron chi connectivity index (χ1n) is 11.3. The summed E-state index contributed by atoms with van der Waals surface area (Å²) < 4.78 is 0. The minimum atomic E-state index is -1.44. The van der Waals surface area contributed by atoms with Crippen molar-refractivity contribution in [1.82, 2.24) is 15.5 Å². The molecule has 0 radical (unpaired) electrons. The fourth-order valence-corrected chi connectivity index (χ4v) is 3.62. The SMILES string of the molecule is NC(=O)CC(NC(=O)C(N)CCC(=O)O)C(=O)N1CCCC1C(=O)NC(CCCN=C(N)N)C(=O)O. The van der Waals surface area contributed by atoms with Crippen molar-refractivity contribution in [2.24, 2.45) is 27.9 Å². The number of primary amides is 1. The Bertz CT molecular complexity index is 876. The summed E-state index contributed by atoms with van der Waals surface area (Å²) in [6, 6.07) is -4.98. The van der Waals surface area contributed by atoms with Crippen LogP contribution in [0.15, 0.2) is 4.99 Å². The average molecular weight is 515 g/mol. The number of nitrogens with one attached hydrogen (secondary N) is 2. The third-order valence-electron chi connectivity index (χ3n) is 5.42. The van der Waals surface area contributed by atoms with E-state index >= 15 is 0 Å². The molecule has 0 aromatic rings. The molecule has 0 aromatic heterocycles. The molecule has 1 saturated heterocycles. The van der Waals surface area contributed by atoms with E-state index in [4.69, 9.17) is 28.0 Å². The van der Waals surface area contributed by atoms with E-state index < -0.39 is 66.2 Å². The standard InChI is InChI=1S/C20H34N8O8/c21-10(5-6-15(30)31)16(32)27-12(9-14(22)29)18(34)28-8-2-4-13(28)17(33)26-11(19(35)36)3-1-7-25-20(23)24/h10-13H,1-9,21H2,(H2,22,29)(H,26,33)(H,27,32)(H,30,31)(H,35,36)(H4,23,24,25). The number of amides is 4. The lowest BCUT2D eigenvalue weighted by Crippen LogP contribution is -2.57. The van der Waals surface area contributed by atoms with Crippen molar-refractivity contribution < 1.29 is 39.0 Å². The van der Waals surface area contributed by atoms with E-state index in [1.165, 1.54) is 0 Å². The van der Waals surface area contributed by atoms with E-state index in [-0.39, 0.29) is 51.2 Å². The van der Waals surface area contributed by atoms with Gasteiger partial charge in [0, 0.05) is 19.5 Å². The third-order valence-corrected chi connectivity index (χ3v) is 5.42. The molecule has 1 aliphatic heterocycles. The van der Waals surface area contributed by atoms with Crippen LogP contribution in [0, 0.1) is 0 Å². The van der Waals surface area contributed by atoms with E-state index in [0.29, 0.717) is 6.42 Å². The predicted octanol–water partition coefficient (Wildman–Crippen LogP) is -3.85. The van der Waals surface area contributed by atoms with Crippen LogP contribution in [0.4, 0.5) is 0 Å². The largest absolute Gasteiger partial charge is 0.481 e. The number of carboxylic acids is 2. The first-order chi connectivity index (χ1) is 16.8. The van der Waals surface area contributed by atoms with Crippen molar-refractivity contribution in [3.8, 4) is 0 Å². The van der Waals surface area contributed by atoms with E-state index in [1.54, 1.807) is 0 Å². The molecule has 16 heteroatoms. The lowest BCUT2D eigenvalue weighted by atomic mass is 10.1. The van der Waals surface area contributed by atoms with Gasteiger partial charge in [-0.05, 0) is 32.1 Å². The molecule has 16 nitrogen and oxygen atoms in total. The Hall–Kier alpha value is -3.95. The molecule has 36 heavy (non-hydrogen) atoms. The molecule has 1 heterocycles. The Morgan fingerprint density at radius 2 is 1.67 bits per heavy atom. The van der Waals surface area contributed by atoms with Crippen LogP contribution in [0.5, 0.6) is 0 Å². The Labute approximate surface area is 206 Å². The molecule has 0 bridgehead atoms. The molecule has 4 amide bonds. The van der Waals surface area contributed by atoms with Crippen molar-refractivity contribution in [3.63, 3.8) is 0 Å². The molecule has 4 atom stereocenters. The van der Waals surface area contributed by atoms with Gasteiger partial charge in [-0.1, -0.05) is 0 Å². The second kappa shape index (κ2) is 14.4. The quantitative estimate of drug-likeness (QED) is 0.0594. The molecular formula is C20H34N8O8. The highest BCUT2D eigenvalue weighted by Gasteiger charge is 2.39. The number of carbonyl (C=O) groups excluding carboxylic acids is 4. The molecule has 1 rings (SSSR count). The number of guanidine groups is 1. The Balaban J connectivity index is 2.89. The highest BCUT2D eigenvalue weighted by molar-refractivity contribution is 5.96. The van der Waals surface area contributed by atoms with E-state index in [1.807, 2.05) is 0 Å². The summed E-state index contributed by atoms with van der Waals surface area (Å²) in [6.07, 6.45) is -0.204. The van der Waals surface area contributed by atoms with Crippen LogP contribution in [-0.4, -0.2) is 93.9 Å². The molecule has 1 aliphatic rings. The number of nitrogens with zero attached hydrogens (tertiary/aromatic N) is 2. The predicted molar refractivity (Wildman–Crippen MR) is 125 cm³/mol. The molecular weight excluding hydrogens is 480 g/mol. The zero-order valence-corrected chi connectivity index (χ0v) is 19.7. The monoisotopic (exact) mass is 514 g/mol. The van der Waals surface area contributed by atoms with Gasteiger partial charge in [0.05, 0.1) is 12.5 Å². The molecule has 202 valence electrons. The first kappa shape index (κ1) is 30.1. The molecule has 0 aromatic carbocycles. The normalized spacial score (nSPS) is 17.4. The second-order valence-electron chi connectivity index (χ2n) is 8.31. The van der Waals surface area contributed by atoms with Crippen LogP contribution in [0.1, 0.15) is 44.9 Å².